The van der Waals surface area contributed by atoms with Gasteiger partial charge >= 0.3 is 0 Å². The van der Waals surface area contributed by atoms with Crippen LogP contribution in [0.3, 0.4) is 0 Å². The zero-order valence-corrected chi connectivity index (χ0v) is 16.9. The third-order valence-corrected chi connectivity index (χ3v) is 6.24. The monoisotopic (exact) mass is 396 g/mol. The van der Waals surface area contributed by atoms with Gasteiger partial charge in [0.15, 0.2) is 0 Å². The van der Waals surface area contributed by atoms with Crippen LogP contribution in [0, 0.1) is 5.92 Å². The Morgan fingerprint density at radius 2 is 1.61 bits per heavy atom. The van der Waals surface area contributed by atoms with Crippen molar-refractivity contribution >= 4 is 23.4 Å². The number of benzene rings is 2. The van der Waals surface area contributed by atoms with E-state index in [9.17, 15) is 9.59 Å². The number of carbonyl (C=O) groups is 2. The van der Waals surface area contributed by atoms with Gasteiger partial charge in [0.05, 0.1) is 0 Å². The highest BCUT2D eigenvalue weighted by Gasteiger charge is 2.46. The minimum absolute atomic E-state index is 0.0312. The predicted molar refractivity (Wildman–Crippen MR) is 111 cm³/mol. The van der Waals surface area contributed by atoms with Gasteiger partial charge in [-0.15, -0.1) is 0 Å². The summed E-state index contributed by atoms with van der Waals surface area (Å²) in [4.78, 5) is 29.3. The van der Waals surface area contributed by atoms with Gasteiger partial charge in [0.1, 0.15) is 0 Å². The Balaban J connectivity index is 1.32. The molecule has 4 nitrogen and oxygen atoms in total. The molecule has 0 radical (unpaired) electrons. The fraction of sp³-hybridized carbons (Fsp3) is 0.391. The van der Waals surface area contributed by atoms with Crippen LogP contribution >= 0.6 is 11.6 Å². The van der Waals surface area contributed by atoms with Gasteiger partial charge in [-0.3, -0.25) is 9.59 Å². The van der Waals surface area contributed by atoms with Crippen molar-refractivity contribution in [3.63, 3.8) is 0 Å². The first-order valence-electron chi connectivity index (χ1n) is 10.00. The highest BCUT2D eigenvalue weighted by Crippen LogP contribution is 2.50. The molecule has 2 aromatic rings. The van der Waals surface area contributed by atoms with E-state index in [-0.39, 0.29) is 23.7 Å². The number of halogens is 1. The molecule has 1 aliphatic carbocycles. The lowest BCUT2D eigenvalue weighted by molar-refractivity contribution is -0.134. The van der Waals surface area contributed by atoms with E-state index in [0.717, 1.165) is 29.0 Å². The van der Waals surface area contributed by atoms with Crippen LogP contribution in [0.25, 0.3) is 0 Å². The highest BCUT2D eigenvalue weighted by atomic mass is 35.5. The van der Waals surface area contributed by atoms with Crippen molar-refractivity contribution in [2.45, 2.75) is 25.7 Å². The van der Waals surface area contributed by atoms with Crippen LogP contribution in [0.5, 0.6) is 0 Å². The first kappa shape index (κ1) is 19.0. The fourth-order valence-electron chi connectivity index (χ4n) is 4.02. The van der Waals surface area contributed by atoms with Crippen LogP contribution in [0.1, 0.15) is 40.7 Å². The summed E-state index contributed by atoms with van der Waals surface area (Å²) >= 11 is 6.28. The predicted octanol–water partition coefficient (Wildman–Crippen LogP) is 3.99. The topological polar surface area (TPSA) is 40.6 Å². The van der Waals surface area contributed by atoms with Crippen LogP contribution in [-0.2, 0) is 11.2 Å². The second-order valence-corrected chi connectivity index (χ2v) is 8.05. The number of nitrogens with zero attached hydrogens (tertiary/aromatic N) is 2. The first-order valence-corrected chi connectivity index (χ1v) is 10.4. The highest BCUT2D eigenvalue weighted by molar-refractivity contribution is 6.31. The Morgan fingerprint density at radius 1 is 0.964 bits per heavy atom. The molecule has 146 valence electrons. The Kier molecular flexibility index (Phi) is 5.40. The number of carbonyl (C=O) groups excluding carboxylic acids is 2. The van der Waals surface area contributed by atoms with Gasteiger partial charge in [0, 0.05) is 42.7 Å². The molecule has 1 saturated heterocycles. The number of piperazine rings is 1. The van der Waals surface area contributed by atoms with E-state index in [2.05, 4.69) is 6.92 Å². The number of aryl methyl sites for hydroxylation is 1. The molecule has 28 heavy (non-hydrogen) atoms. The summed E-state index contributed by atoms with van der Waals surface area (Å²) in [5.41, 5.74) is 3.02. The summed E-state index contributed by atoms with van der Waals surface area (Å²) in [5, 5.41) is 0.743. The summed E-state index contributed by atoms with van der Waals surface area (Å²) in [6.07, 6.45) is 1.83. The Hall–Kier alpha value is -2.33. The molecular formula is C23H25ClN2O2. The van der Waals surface area contributed by atoms with Gasteiger partial charge in [-0.25, -0.2) is 0 Å². The quantitative estimate of drug-likeness (QED) is 0.784. The zero-order valence-electron chi connectivity index (χ0n) is 16.1. The van der Waals surface area contributed by atoms with Crippen molar-refractivity contribution in [1.29, 1.82) is 0 Å². The van der Waals surface area contributed by atoms with Crippen molar-refractivity contribution in [2.24, 2.45) is 5.92 Å². The molecule has 1 heterocycles. The van der Waals surface area contributed by atoms with E-state index in [0.29, 0.717) is 26.2 Å². The molecule has 0 aromatic heterocycles. The van der Waals surface area contributed by atoms with Crippen molar-refractivity contribution in [3.05, 3.63) is 70.2 Å². The van der Waals surface area contributed by atoms with Crippen molar-refractivity contribution in [3.8, 4) is 0 Å². The Morgan fingerprint density at radius 3 is 2.25 bits per heavy atom. The molecule has 0 N–H and O–H groups in total. The number of hydrogen-bond acceptors (Lipinski definition) is 2. The minimum Gasteiger partial charge on any atom is -0.339 e. The minimum atomic E-state index is 0.0312. The second kappa shape index (κ2) is 7.96. The SMILES string of the molecule is CCc1ccc(C(=O)N2CCN(C(=O)C3CC3c3ccccc3Cl)CC2)cc1. The van der Waals surface area contributed by atoms with Gasteiger partial charge in [-0.1, -0.05) is 48.9 Å². The summed E-state index contributed by atoms with van der Waals surface area (Å²) in [6.45, 7) is 4.48. The van der Waals surface area contributed by atoms with Gasteiger partial charge in [-0.05, 0) is 48.1 Å². The van der Waals surface area contributed by atoms with Gasteiger partial charge in [0.25, 0.3) is 5.91 Å². The van der Waals surface area contributed by atoms with Crippen LogP contribution in [0.15, 0.2) is 48.5 Å². The van der Waals surface area contributed by atoms with Gasteiger partial charge in [-0.2, -0.15) is 0 Å². The van der Waals surface area contributed by atoms with Gasteiger partial charge in [0.2, 0.25) is 5.91 Å². The number of amides is 2. The van der Waals surface area contributed by atoms with E-state index >= 15 is 0 Å². The van der Waals surface area contributed by atoms with E-state index in [1.54, 1.807) is 0 Å². The summed E-state index contributed by atoms with van der Waals surface area (Å²) in [6, 6.07) is 15.6. The molecule has 1 saturated carbocycles. The standard InChI is InChI=1S/C23H25ClN2O2/c1-2-16-7-9-17(10-8-16)22(27)25-11-13-26(14-12-25)23(28)20-15-19(20)18-5-3-4-6-21(18)24/h3-10,19-20H,2,11-15H2,1H3. The van der Waals surface area contributed by atoms with E-state index < -0.39 is 0 Å². The average molecular weight is 397 g/mol. The largest absolute Gasteiger partial charge is 0.339 e. The summed E-state index contributed by atoms with van der Waals surface area (Å²) in [7, 11) is 0. The maximum Gasteiger partial charge on any atom is 0.253 e. The smallest absolute Gasteiger partial charge is 0.253 e. The number of rotatable bonds is 4. The molecule has 2 atom stereocenters. The summed E-state index contributed by atoms with van der Waals surface area (Å²) < 4.78 is 0. The second-order valence-electron chi connectivity index (χ2n) is 7.64. The van der Waals surface area contributed by atoms with E-state index in [1.807, 2.05) is 58.3 Å². The normalized spacial score (nSPS) is 21.5. The molecule has 4 rings (SSSR count). The molecule has 2 amide bonds. The molecule has 2 aromatic carbocycles. The van der Waals surface area contributed by atoms with Crippen molar-refractivity contribution in [1.82, 2.24) is 9.80 Å². The van der Waals surface area contributed by atoms with E-state index in [1.165, 1.54) is 5.56 Å². The van der Waals surface area contributed by atoms with Crippen LogP contribution in [0.2, 0.25) is 5.02 Å². The Bertz CT molecular complexity index is 872. The van der Waals surface area contributed by atoms with Gasteiger partial charge < -0.3 is 9.80 Å². The Labute approximate surface area is 171 Å². The molecule has 1 aliphatic heterocycles. The maximum absolute atomic E-state index is 12.9. The third kappa shape index (κ3) is 3.79. The maximum atomic E-state index is 12.9. The molecule has 5 heteroatoms. The van der Waals surface area contributed by atoms with Crippen molar-refractivity contribution in [2.75, 3.05) is 26.2 Å². The number of hydrogen-bond donors (Lipinski definition) is 0. The first-order chi connectivity index (χ1) is 13.6. The molecule has 2 unspecified atom stereocenters. The summed E-state index contributed by atoms with van der Waals surface area (Å²) in [5.74, 6) is 0.515. The lowest BCUT2D eigenvalue weighted by atomic mass is 10.1. The van der Waals surface area contributed by atoms with E-state index in [4.69, 9.17) is 11.6 Å². The fourth-order valence-corrected chi connectivity index (χ4v) is 4.29. The molecule has 2 fully saturated rings. The lowest BCUT2D eigenvalue weighted by Crippen LogP contribution is -2.51. The molecule has 2 aliphatic rings. The van der Waals surface area contributed by atoms with Crippen LogP contribution < -0.4 is 0 Å². The zero-order chi connectivity index (χ0) is 19.7. The van der Waals surface area contributed by atoms with Crippen LogP contribution in [-0.4, -0.2) is 47.8 Å². The van der Waals surface area contributed by atoms with Crippen LogP contribution in [0.4, 0.5) is 0 Å². The molecule has 0 spiro atoms. The average Bonchev–Trinajstić information content (AvgIpc) is 3.54. The molecular weight excluding hydrogens is 372 g/mol. The lowest BCUT2D eigenvalue weighted by Gasteiger charge is -2.35. The van der Waals surface area contributed by atoms with Crippen molar-refractivity contribution < 1.29 is 9.59 Å². The molecule has 0 bridgehead atoms. The third-order valence-electron chi connectivity index (χ3n) is 5.90.